The number of hydrogen-bond acceptors (Lipinski definition) is 10. The van der Waals surface area contributed by atoms with Gasteiger partial charge in [-0.05, 0) is 92.6 Å². The van der Waals surface area contributed by atoms with E-state index in [9.17, 15) is 19.2 Å². The number of benzene rings is 2. The third kappa shape index (κ3) is 10.9. The van der Waals surface area contributed by atoms with Gasteiger partial charge in [0.05, 0.1) is 26.0 Å². The van der Waals surface area contributed by atoms with Crippen LogP contribution in [0.3, 0.4) is 0 Å². The van der Waals surface area contributed by atoms with Gasteiger partial charge in [0.1, 0.15) is 22.8 Å². The number of fused-ring (bicyclic) bond motifs is 3. The molecular weight excluding hydrogens is 733 g/mol. The Kier molecular flexibility index (Phi) is 14.5. The number of unbranched alkanes of at least 4 members (excludes halogenated alkanes) is 4. The lowest BCUT2D eigenvalue weighted by Gasteiger charge is -2.20. The van der Waals surface area contributed by atoms with E-state index in [1.165, 1.54) is 13.2 Å². The van der Waals surface area contributed by atoms with Gasteiger partial charge in [0, 0.05) is 46.6 Å². The summed E-state index contributed by atoms with van der Waals surface area (Å²) in [7, 11) is 1.24. The van der Waals surface area contributed by atoms with E-state index in [4.69, 9.17) is 18.9 Å². The molecule has 0 bridgehead atoms. The molecule has 2 aromatic carbocycles. The average molecular weight is 785 g/mol. The van der Waals surface area contributed by atoms with Crippen LogP contribution in [0, 0.1) is 0 Å². The van der Waals surface area contributed by atoms with Crippen LogP contribution >= 0.6 is 11.3 Å². The summed E-state index contributed by atoms with van der Waals surface area (Å²) in [5, 5.41) is 10.6. The van der Waals surface area contributed by atoms with Crippen molar-refractivity contribution in [3.8, 4) is 33.1 Å². The van der Waals surface area contributed by atoms with E-state index in [2.05, 4.69) is 33.9 Å². The molecule has 298 valence electrons. The molecule has 5 rings (SSSR count). The Bertz CT molecular complexity index is 2040. The highest BCUT2D eigenvalue weighted by Crippen LogP contribution is 2.43. The van der Waals surface area contributed by atoms with Crippen LogP contribution in [0.5, 0.6) is 11.5 Å². The number of hydrogen-bond donors (Lipinski definition) is 3. The van der Waals surface area contributed by atoms with Crippen molar-refractivity contribution < 1.29 is 38.1 Å². The van der Waals surface area contributed by atoms with Gasteiger partial charge < -0.3 is 34.9 Å². The van der Waals surface area contributed by atoms with Crippen molar-refractivity contribution in [2.24, 2.45) is 0 Å². The average Bonchev–Trinajstić information content (AvgIpc) is 3.58. The Morgan fingerprint density at radius 2 is 1.68 bits per heavy atom. The molecule has 3 heterocycles. The highest BCUT2D eigenvalue weighted by atomic mass is 32.1. The van der Waals surface area contributed by atoms with E-state index >= 15 is 0 Å². The lowest BCUT2D eigenvalue weighted by molar-refractivity contribution is 0.0521. The zero-order chi connectivity index (χ0) is 40.2. The number of thiophene rings is 1. The third-order valence-corrected chi connectivity index (χ3v) is 9.94. The summed E-state index contributed by atoms with van der Waals surface area (Å²) < 4.78 is 23.0. The number of carbonyl (C=O) groups is 4. The van der Waals surface area contributed by atoms with Gasteiger partial charge in [0.2, 0.25) is 0 Å². The van der Waals surface area contributed by atoms with Crippen LogP contribution in [0.1, 0.15) is 116 Å². The first-order valence-corrected chi connectivity index (χ1v) is 20.1. The number of methoxy groups -OCH3 is 1. The van der Waals surface area contributed by atoms with Crippen molar-refractivity contribution in [1.29, 1.82) is 0 Å². The number of carbonyl (C=O) groups excluding carboxylic acids is 4. The normalized spacial score (nSPS) is 12.0. The molecule has 0 atom stereocenters. The van der Waals surface area contributed by atoms with Crippen molar-refractivity contribution in [3.63, 3.8) is 0 Å². The second-order valence-electron chi connectivity index (χ2n) is 14.5. The quantitative estimate of drug-likeness (QED) is 0.0746. The first-order valence-electron chi connectivity index (χ1n) is 19.2. The molecule has 0 spiro atoms. The first kappa shape index (κ1) is 41.7. The molecule has 1 aliphatic heterocycles. The molecule has 13 heteroatoms. The molecule has 0 saturated carbocycles. The van der Waals surface area contributed by atoms with E-state index in [1.54, 1.807) is 68.5 Å². The molecule has 3 amide bonds. The second-order valence-corrected chi connectivity index (χ2v) is 15.4. The monoisotopic (exact) mass is 784 g/mol. The first-order chi connectivity index (χ1) is 26.9. The van der Waals surface area contributed by atoms with Crippen molar-refractivity contribution in [3.05, 3.63) is 82.0 Å². The predicted octanol–water partition coefficient (Wildman–Crippen LogP) is 8.96. The Labute approximate surface area is 332 Å². The number of alkyl carbamates (subject to hydrolysis) is 1. The zero-order valence-corrected chi connectivity index (χ0v) is 33.9. The maximum atomic E-state index is 14.6. The summed E-state index contributed by atoms with van der Waals surface area (Å²) in [6.07, 6.45) is 6.10. The molecule has 2 aromatic heterocycles. The number of nitrogens with zero attached hydrogens (tertiary/aromatic N) is 1. The number of ether oxygens (including phenoxy) is 4. The Morgan fingerprint density at radius 3 is 2.43 bits per heavy atom. The van der Waals surface area contributed by atoms with E-state index in [0.29, 0.717) is 54.5 Å². The highest BCUT2D eigenvalue weighted by molar-refractivity contribution is 7.13. The number of aromatic nitrogens is 1. The van der Waals surface area contributed by atoms with E-state index in [0.717, 1.165) is 60.1 Å². The molecule has 56 heavy (non-hydrogen) atoms. The molecular formula is C43H52N4O8S. The molecule has 0 radical (unpaired) electrons. The van der Waals surface area contributed by atoms with Gasteiger partial charge in [-0.2, -0.15) is 0 Å². The minimum absolute atomic E-state index is 0.0422. The van der Waals surface area contributed by atoms with Gasteiger partial charge in [-0.15, -0.1) is 11.3 Å². The van der Waals surface area contributed by atoms with Gasteiger partial charge in [0.25, 0.3) is 11.8 Å². The Hall–Kier alpha value is -5.43. The van der Waals surface area contributed by atoms with Crippen LogP contribution in [0.4, 0.5) is 10.5 Å². The largest absolute Gasteiger partial charge is 0.493 e. The molecule has 3 N–H and O–H groups in total. The maximum Gasteiger partial charge on any atom is 0.407 e. The van der Waals surface area contributed by atoms with Gasteiger partial charge in [-0.25, -0.2) is 14.6 Å². The lowest BCUT2D eigenvalue weighted by Crippen LogP contribution is -2.32. The minimum atomic E-state index is -0.766. The highest BCUT2D eigenvalue weighted by Gasteiger charge is 2.27. The SMILES string of the molecule is CCCCCCCOc1cc(CNC(=O)OC(C)(C)C)ccc1NC(=O)c1cc2c(cc1-c1ccc(C(=O)NCCC)nc1C(=O)OC)OCCc1ccsc1-2. The Balaban J connectivity index is 1.55. The predicted molar refractivity (Wildman–Crippen MR) is 218 cm³/mol. The molecule has 12 nitrogen and oxygen atoms in total. The standard InChI is InChI=1S/C43H52N4O8S/c1-7-9-10-11-12-20-53-36-23-27(26-45-42(51)55-43(3,4)5)13-15-33(36)47-39(48)31-24-32-35(54-21-17-28-18-22-56-38(28)32)25-30(31)29-14-16-34(40(49)44-19-8-2)46-37(29)41(50)52-6/h13-16,18,22-25H,7-12,17,19-21,26H2,1-6H3,(H,44,49)(H,45,51)(H,47,48). The molecule has 1 aliphatic rings. The second kappa shape index (κ2) is 19.4. The summed E-state index contributed by atoms with van der Waals surface area (Å²) >= 11 is 1.56. The van der Waals surface area contributed by atoms with Crippen molar-refractivity contribution in [2.45, 2.75) is 91.7 Å². The van der Waals surface area contributed by atoms with Gasteiger partial charge in [-0.1, -0.05) is 45.6 Å². The van der Waals surface area contributed by atoms with Crippen LogP contribution in [-0.2, 0) is 22.4 Å². The summed E-state index contributed by atoms with van der Waals surface area (Å²) in [5.41, 5.74) is 3.21. The number of anilines is 1. The van der Waals surface area contributed by atoms with Crippen molar-refractivity contribution in [2.75, 3.05) is 32.2 Å². The number of esters is 1. The van der Waals surface area contributed by atoms with Crippen molar-refractivity contribution >= 4 is 40.9 Å². The molecule has 0 saturated heterocycles. The Morgan fingerprint density at radius 1 is 0.875 bits per heavy atom. The summed E-state index contributed by atoms with van der Waals surface area (Å²) in [6, 6.07) is 14.0. The maximum absolute atomic E-state index is 14.6. The molecule has 0 aliphatic carbocycles. The number of rotatable bonds is 16. The molecule has 4 aromatic rings. The summed E-state index contributed by atoms with van der Waals surface area (Å²) in [5.74, 6) is -0.681. The van der Waals surface area contributed by atoms with Crippen LogP contribution < -0.4 is 25.4 Å². The molecule has 0 unspecified atom stereocenters. The summed E-state index contributed by atoms with van der Waals surface area (Å²) in [4.78, 5) is 58.6. The number of pyridine rings is 1. The van der Waals surface area contributed by atoms with Crippen LogP contribution in [-0.4, -0.2) is 61.3 Å². The van der Waals surface area contributed by atoms with Crippen LogP contribution in [0.25, 0.3) is 21.6 Å². The van der Waals surface area contributed by atoms with E-state index in [1.807, 2.05) is 12.3 Å². The fourth-order valence-electron chi connectivity index (χ4n) is 6.18. The van der Waals surface area contributed by atoms with Crippen LogP contribution in [0.2, 0.25) is 0 Å². The number of nitrogens with one attached hydrogen (secondary N) is 3. The van der Waals surface area contributed by atoms with Gasteiger partial charge >= 0.3 is 12.1 Å². The van der Waals surface area contributed by atoms with E-state index in [-0.39, 0.29) is 23.5 Å². The van der Waals surface area contributed by atoms with E-state index < -0.39 is 29.5 Å². The zero-order valence-electron chi connectivity index (χ0n) is 33.1. The topological polar surface area (TPSA) is 154 Å². The lowest BCUT2D eigenvalue weighted by atomic mass is 9.93. The van der Waals surface area contributed by atoms with Gasteiger partial charge in [-0.3, -0.25) is 9.59 Å². The smallest absolute Gasteiger partial charge is 0.407 e. The van der Waals surface area contributed by atoms with Crippen molar-refractivity contribution in [1.82, 2.24) is 15.6 Å². The third-order valence-electron chi connectivity index (χ3n) is 8.95. The summed E-state index contributed by atoms with van der Waals surface area (Å²) in [6.45, 7) is 11.0. The molecule has 0 fully saturated rings. The van der Waals surface area contributed by atoms with Gasteiger partial charge in [0.15, 0.2) is 5.69 Å². The fraction of sp³-hybridized carbons (Fsp3) is 0.419. The fourth-order valence-corrected chi connectivity index (χ4v) is 7.15. The number of amides is 3. The van der Waals surface area contributed by atoms with Crippen LogP contribution in [0.15, 0.2) is 53.9 Å². The minimum Gasteiger partial charge on any atom is -0.493 e.